The second-order valence-corrected chi connectivity index (χ2v) is 8.75. The van der Waals surface area contributed by atoms with Gasteiger partial charge in [0.15, 0.2) is 0 Å². The van der Waals surface area contributed by atoms with Crippen molar-refractivity contribution in [1.82, 2.24) is 9.88 Å². The highest BCUT2D eigenvalue weighted by Gasteiger charge is 2.16. The summed E-state index contributed by atoms with van der Waals surface area (Å²) >= 11 is 3.46. The normalized spacial score (nSPS) is 14.2. The molecule has 1 aliphatic heterocycles. The summed E-state index contributed by atoms with van der Waals surface area (Å²) in [5.74, 6) is -0.199. The lowest BCUT2D eigenvalue weighted by molar-refractivity contribution is 0.102. The molecule has 1 fully saturated rings. The van der Waals surface area contributed by atoms with Gasteiger partial charge in [-0.3, -0.25) is 9.78 Å². The summed E-state index contributed by atoms with van der Waals surface area (Å²) in [7, 11) is 0. The molecule has 4 rings (SSSR count). The van der Waals surface area contributed by atoms with Gasteiger partial charge in [-0.25, -0.2) is 4.79 Å². The molecule has 6 nitrogen and oxygen atoms in total. The molecule has 0 bridgehead atoms. The van der Waals surface area contributed by atoms with Crippen LogP contribution < -0.4 is 10.6 Å². The summed E-state index contributed by atoms with van der Waals surface area (Å²) in [6, 6.07) is 14.6. The van der Waals surface area contributed by atoms with Crippen LogP contribution in [0, 0.1) is 6.92 Å². The molecule has 3 aromatic rings. The molecular weight excluding hydrogens is 456 g/mol. The molecule has 3 amide bonds. The number of pyridine rings is 1. The Morgan fingerprint density at radius 3 is 2.23 bits per heavy atom. The largest absolute Gasteiger partial charge is 0.325 e. The van der Waals surface area contributed by atoms with Crippen LogP contribution in [-0.4, -0.2) is 34.9 Å². The van der Waals surface area contributed by atoms with Gasteiger partial charge in [0.2, 0.25) is 0 Å². The fraction of sp³-hybridized carbons (Fsp3) is 0.292. The van der Waals surface area contributed by atoms with Crippen molar-refractivity contribution in [2.75, 3.05) is 23.7 Å². The number of hydrogen-bond donors (Lipinski definition) is 2. The highest BCUT2D eigenvalue weighted by Crippen LogP contribution is 2.24. The van der Waals surface area contributed by atoms with Crippen molar-refractivity contribution < 1.29 is 9.59 Å². The number of nitrogens with one attached hydrogen (secondary N) is 2. The quantitative estimate of drug-likeness (QED) is 0.485. The molecule has 7 heteroatoms. The van der Waals surface area contributed by atoms with Crippen LogP contribution in [-0.2, 0) is 0 Å². The number of fused-ring (bicyclic) bond motifs is 1. The number of aryl methyl sites for hydroxylation is 1. The van der Waals surface area contributed by atoms with E-state index in [-0.39, 0.29) is 11.9 Å². The lowest BCUT2D eigenvalue weighted by Crippen LogP contribution is -2.35. The Hall–Kier alpha value is -2.93. The first-order valence-corrected chi connectivity index (χ1v) is 11.3. The van der Waals surface area contributed by atoms with Gasteiger partial charge in [0, 0.05) is 40.0 Å². The highest BCUT2D eigenvalue weighted by atomic mass is 79.9. The van der Waals surface area contributed by atoms with E-state index in [1.165, 1.54) is 12.8 Å². The van der Waals surface area contributed by atoms with E-state index in [1.807, 2.05) is 30.0 Å². The van der Waals surface area contributed by atoms with Gasteiger partial charge in [0.25, 0.3) is 5.91 Å². The monoisotopic (exact) mass is 480 g/mol. The van der Waals surface area contributed by atoms with E-state index < -0.39 is 0 Å². The van der Waals surface area contributed by atoms with E-state index in [2.05, 4.69) is 31.5 Å². The second kappa shape index (κ2) is 9.47. The Kier molecular flexibility index (Phi) is 6.51. The minimum atomic E-state index is -0.199. The van der Waals surface area contributed by atoms with Crippen LogP contribution >= 0.6 is 15.9 Å². The van der Waals surface area contributed by atoms with Crippen LogP contribution in [0.5, 0.6) is 0 Å². The van der Waals surface area contributed by atoms with Crippen molar-refractivity contribution in [2.45, 2.75) is 32.6 Å². The Morgan fingerprint density at radius 1 is 0.903 bits per heavy atom. The van der Waals surface area contributed by atoms with Gasteiger partial charge in [-0.2, -0.15) is 0 Å². The summed E-state index contributed by atoms with van der Waals surface area (Å²) in [6.45, 7) is 3.48. The Labute approximate surface area is 190 Å². The fourth-order valence-corrected chi connectivity index (χ4v) is 4.19. The minimum Gasteiger partial charge on any atom is -0.325 e. The topological polar surface area (TPSA) is 74.3 Å². The van der Waals surface area contributed by atoms with Crippen molar-refractivity contribution in [3.05, 3.63) is 64.3 Å². The first-order valence-electron chi connectivity index (χ1n) is 10.5. The van der Waals surface area contributed by atoms with Gasteiger partial charge in [-0.1, -0.05) is 28.8 Å². The van der Waals surface area contributed by atoms with Crippen LogP contribution in [0.15, 0.2) is 53.0 Å². The third kappa shape index (κ3) is 5.22. The molecule has 0 atom stereocenters. The summed E-state index contributed by atoms with van der Waals surface area (Å²) in [6.07, 6.45) is 4.47. The third-order valence-corrected chi connectivity index (χ3v) is 5.92. The minimum absolute atomic E-state index is 0.0667. The number of carbonyl (C=O) groups is 2. The number of aromatic nitrogens is 1. The average Bonchev–Trinajstić information content (AvgIpc) is 3.04. The molecule has 160 valence electrons. The van der Waals surface area contributed by atoms with Crippen molar-refractivity contribution in [1.29, 1.82) is 0 Å². The SMILES string of the molecule is Cc1cc(C(=O)Nc2ccc(NC(=O)N3CCCCCC3)cc2)c2cc(Br)ccc2n1. The lowest BCUT2D eigenvalue weighted by Gasteiger charge is -2.20. The molecule has 0 aliphatic carbocycles. The fourth-order valence-electron chi connectivity index (χ4n) is 3.83. The Balaban J connectivity index is 1.45. The molecule has 1 saturated heterocycles. The van der Waals surface area contributed by atoms with E-state index in [9.17, 15) is 9.59 Å². The number of benzene rings is 2. The van der Waals surface area contributed by atoms with Gasteiger partial charge in [-0.05, 0) is 68.3 Å². The number of halogens is 1. The van der Waals surface area contributed by atoms with Crippen molar-refractivity contribution in [2.24, 2.45) is 0 Å². The Bertz CT molecular complexity index is 1110. The maximum absolute atomic E-state index is 13.0. The van der Waals surface area contributed by atoms with Crippen LogP contribution in [0.2, 0.25) is 0 Å². The van der Waals surface area contributed by atoms with Crippen LogP contribution in [0.3, 0.4) is 0 Å². The van der Waals surface area contributed by atoms with E-state index in [1.54, 1.807) is 30.3 Å². The molecule has 0 saturated carbocycles. The zero-order valence-corrected chi connectivity index (χ0v) is 19.0. The number of rotatable bonds is 3. The second-order valence-electron chi connectivity index (χ2n) is 7.84. The maximum atomic E-state index is 13.0. The van der Waals surface area contributed by atoms with Crippen molar-refractivity contribution >= 4 is 50.1 Å². The number of nitrogens with zero attached hydrogens (tertiary/aromatic N) is 2. The highest BCUT2D eigenvalue weighted by molar-refractivity contribution is 9.10. The van der Waals surface area contributed by atoms with Crippen LogP contribution in [0.25, 0.3) is 10.9 Å². The maximum Gasteiger partial charge on any atom is 0.321 e. The number of carbonyl (C=O) groups excluding carboxylic acids is 2. The van der Waals surface area contributed by atoms with Gasteiger partial charge in [0.05, 0.1) is 11.1 Å². The zero-order chi connectivity index (χ0) is 21.8. The number of anilines is 2. The molecule has 0 radical (unpaired) electrons. The number of amides is 3. The van der Waals surface area contributed by atoms with Gasteiger partial charge < -0.3 is 15.5 Å². The van der Waals surface area contributed by atoms with Crippen LogP contribution in [0.4, 0.5) is 16.2 Å². The molecule has 2 N–H and O–H groups in total. The predicted molar refractivity (Wildman–Crippen MR) is 128 cm³/mol. The first-order chi connectivity index (χ1) is 15.0. The first kappa shape index (κ1) is 21.3. The number of likely N-dealkylation sites (tertiary alicyclic amines) is 1. The standard InChI is InChI=1S/C24H25BrN4O2/c1-16-14-21(20-15-17(25)6-11-22(20)26-16)23(30)27-18-7-9-19(10-8-18)28-24(31)29-12-4-2-3-5-13-29/h6-11,14-15H,2-5,12-13H2,1H3,(H,27,30)(H,28,31). The summed E-state index contributed by atoms with van der Waals surface area (Å²) in [4.78, 5) is 31.8. The van der Waals surface area contributed by atoms with E-state index in [0.717, 1.165) is 47.0 Å². The molecule has 1 aliphatic rings. The van der Waals surface area contributed by atoms with Crippen LogP contribution in [0.1, 0.15) is 41.7 Å². The molecule has 31 heavy (non-hydrogen) atoms. The molecule has 2 aromatic carbocycles. The summed E-state index contributed by atoms with van der Waals surface area (Å²) in [5, 5.41) is 6.68. The number of urea groups is 1. The van der Waals surface area contributed by atoms with Gasteiger partial charge in [0.1, 0.15) is 0 Å². The Morgan fingerprint density at radius 2 is 1.55 bits per heavy atom. The smallest absolute Gasteiger partial charge is 0.321 e. The summed E-state index contributed by atoms with van der Waals surface area (Å²) < 4.78 is 0.893. The van der Waals surface area contributed by atoms with Gasteiger partial charge >= 0.3 is 6.03 Å². The van der Waals surface area contributed by atoms with Crippen molar-refractivity contribution in [3.63, 3.8) is 0 Å². The molecule has 0 spiro atoms. The molecule has 0 unspecified atom stereocenters. The average molecular weight is 481 g/mol. The van der Waals surface area contributed by atoms with E-state index >= 15 is 0 Å². The van der Waals surface area contributed by atoms with Gasteiger partial charge in [-0.15, -0.1) is 0 Å². The zero-order valence-electron chi connectivity index (χ0n) is 17.5. The van der Waals surface area contributed by atoms with Crippen molar-refractivity contribution in [3.8, 4) is 0 Å². The molecular formula is C24H25BrN4O2. The predicted octanol–water partition coefficient (Wildman–Crippen LogP) is 5.97. The summed E-state index contributed by atoms with van der Waals surface area (Å²) in [5.41, 5.74) is 3.51. The molecule has 2 heterocycles. The van der Waals surface area contributed by atoms with E-state index in [4.69, 9.17) is 0 Å². The molecule has 1 aromatic heterocycles. The van der Waals surface area contributed by atoms with E-state index in [0.29, 0.717) is 16.9 Å². The lowest BCUT2D eigenvalue weighted by atomic mass is 10.1. The number of hydrogen-bond acceptors (Lipinski definition) is 3. The third-order valence-electron chi connectivity index (χ3n) is 5.43.